The maximum absolute atomic E-state index is 12.9. The van der Waals surface area contributed by atoms with E-state index in [4.69, 9.17) is 0 Å². The number of anilines is 1. The summed E-state index contributed by atoms with van der Waals surface area (Å²) in [4.78, 5) is 11.9. The Morgan fingerprint density at radius 1 is 1.13 bits per heavy atom. The first kappa shape index (κ1) is 15.4. The number of nitrogens with zero attached hydrogens (tertiary/aromatic N) is 4. The van der Waals surface area contributed by atoms with Crippen LogP contribution in [0.15, 0.2) is 53.5 Å². The molecule has 0 spiro atoms. The van der Waals surface area contributed by atoms with E-state index in [0.29, 0.717) is 12.2 Å². The number of rotatable bonds is 5. The monoisotopic (exact) mass is 377 g/mol. The van der Waals surface area contributed by atoms with E-state index in [-0.39, 0.29) is 18.3 Å². The second-order valence-electron chi connectivity index (χ2n) is 4.96. The molecule has 1 N–H and O–H groups in total. The Bertz CT molecular complexity index is 811. The van der Waals surface area contributed by atoms with Crippen molar-refractivity contribution in [1.29, 1.82) is 0 Å². The second kappa shape index (κ2) is 6.74. The molecule has 1 amide bonds. The van der Waals surface area contributed by atoms with Crippen LogP contribution in [-0.2, 0) is 17.9 Å². The summed E-state index contributed by atoms with van der Waals surface area (Å²) in [5, 5.41) is 11.0. The van der Waals surface area contributed by atoms with Crippen LogP contribution in [0.5, 0.6) is 0 Å². The molecule has 1 aromatic carbocycles. The third kappa shape index (κ3) is 4.26. The Labute approximate surface area is 140 Å². The molecule has 0 aliphatic heterocycles. The van der Waals surface area contributed by atoms with E-state index >= 15 is 0 Å². The summed E-state index contributed by atoms with van der Waals surface area (Å²) >= 11 is 3.28. The van der Waals surface area contributed by atoms with Crippen molar-refractivity contribution >= 4 is 27.5 Å². The summed E-state index contributed by atoms with van der Waals surface area (Å²) in [7, 11) is 0. The molecule has 6 nitrogen and oxygen atoms in total. The van der Waals surface area contributed by atoms with Gasteiger partial charge in [-0.3, -0.25) is 14.2 Å². The van der Waals surface area contributed by atoms with Gasteiger partial charge in [-0.05, 0) is 33.6 Å². The first-order valence-electron chi connectivity index (χ1n) is 6.83. The first-order chi connectivity index (χ1) is 11.1. The highest BCUT2D eigenvalue weighted by molar-refractivity contribution is 9.10. The molecule has 0 unspecified atom stereocenters. The molecule has 8 heteroatoms. The number of amides is 1. The van der Waals surface area contributed by atoms with Crippen LogP contribution in [0.1, 0.15) is 5.56 Å². The van der Waals surface area contributed by atoms with Crippen LogP contribution in [0.4, 0.5) is 10.1 Å². The molecule has 0 saturated heterocycles. The maximum atomic E-state index is 12.9. The fraction of sp³-hybridized carbons (Fsp3) is 0.133. The Morgan fingerprint density at radius 2 is 1.87 bits per heavy atom. The number of carbonyl (C=O) groups is 1. The SMILES string of the molecule is O=C(Cn1cc(Br)cn1)Nc1cnn(Cc2ccc(F)cc2)c1. The predicted octanol–water partition coefficient (Wildman–Crippen LogP) is 2.67. The summed E-state index contributed by atoms with van der Waals surface area (Å²) in [5.74, 6) is -0.464. The van der Waals surface area contributed by atoms with Gasteiger partial charge in [0.2, 0.25) is 5.91 Å². The van der Waals surface area contributed by atoms with Gasteiger partial charge >= 0.3 is 0 Å². The van der Waals surface area contributed by atoms with E-state index in [1.807, 2.05) is 0 Å². The Balaban J connectivity index is 1.58. The molecule has 2 heterocycles. The molecule has 23 heavy (non-hydrogen) atoms. The van der Waals surface area contributed by atoms with Crippen LogP contribution in [0, 0.1) is 5.82 Å². The number of halogens is 2. The van der Waals surface area contributed by atoms with E-state index in [1.54, 1.807) is 41.6 Å². The lowest BCUT2D eigenvalue weighted by Crippen LogP contribution is -2.18. The van der Waals surface area contributed by atoms with Gasteiger partial charge < -0.3 is 5.32 Å². The van der Waals surface area contributed by atoms with Crippen molar-refractivity contribution in [1.82, 2.24) is 19.6 Å². The third-order valence-electron chi connectivity index (χ3n) is 3.08. The highest BCUT2D eigenvalue weighted by Gasteiger charge is 2.07. The van der Waals surface area contributed by atoms with Gasteiger partial charge in [-0.2, -0.15) is 10.2 Å². The van der Waals surface area contributed by atoms with Gasteiger partial charge in [-0.15, -0.1) is 0 Å². The lowest BCUT2D eigenvalue weighted by molar-refractivity contribution is -0.116. The van der Waals surface area contributed by atoms with Crippen LogP contribution >= 0.6 is 15.9 Å². The quantitative estimate of drug-likeness (QED) is 0.743. The number of benzene rings is 1. The third-order valence-corrected chi connectivity index (χ3v) is 3.49. The van der Waals surface area contributed by atoms with Gasteiger partial charge in [-0.25, -0.2) is 4.39 Å². The smallest absolute Gasteiger partial charge is 0.246 e. The van der Waals surface area contributed by atoms with E-state index in [9.17, 15) is 9.18 Å². The van der Waals surface area contributed by atoms with Crippen LogP contribution in [0.3, 0.4) is 0 Å². The van der Waals surface area contributed by atoms with Crippen LogP contribution in [0.25, 0.3) is 0 Å². The van der Waals surface area contributed by atoms with Crippen molar-refractivity contribution in [2.24, 2.45) is 0 Å². The predicted molar refractivity (Wildman–Crippen MR) is 86.3 cm³/mol. The normalized spacial score (nSPS) is 10.7. The Morgan fingerprint density at radius 3 is 2.57 bits per heavy atom. The van der Waals surface area contributed by atoms with Gasteiger partial charge in [0.05, 0.1) is 29.1 Å². The fourth-order valence-electron chi connectivity index (χ4n) is 2.06. The largest absolute Gasteiger partial charge is 0.322 e. The highest BCUT2D eigenvalue weighted by Crippen LogP contribution is 2.10. The zero-order valence-electron chi connectivity index (χ0n) is 12.0. The zero-order chi connectivity index (χ0) is 16.2. The average molecular weight is 378 g/mol. The summed E-state index contributed by atoms with van der Waals surface area (Å²) < 4.78 is 16.9. The van der Waals surface area contributed by atoms with Crippen molar-refractivity contribution in [3.05, 3.63) is 64.9 Å². The van der Waals surface area contributed by atoms with Gasteiger partial charge in [-0.1, -0.05) is 12.1 Å². The maximum Gasteiger partial charge on any atom is 0.246 e. The topological polar surface area (TPSA) is 64.7 Å². The van der Waals surface area contributed by atoms with E-state index in [1.165, 1.54) is 16.8 Å². The molecule has 0 bridgehead atoms. The summed E-state index contributed by atoms with van der Waals surface area (Å²) in [5.41, 5.74) is 1.53. The first-order valence-corrected chi connectivity index (χ1v) is 7.62. The van der Waals surface area contributed by atoms with E-state index in [0.717, 1.165) is 10.0 Å². The van der Waals surface area contributed by atoms with Gasteiger partial charge in [0.1, 0.15) is 12.4 Å². The number of aromatic nitrogens is 4. The molecular formula is C15H13BrFN5O. The molecule has 0 radical (unpaired) electrons. The summed E-state index contributed by atoms with van der Waals surface area (Å²) in [6.07, 6.45) is 6.63. The number of hydrogen-bond acceptors (Lipinski definition) is 3. The molecule has 0 fully saturated rings. The zero-order valence-corrected chi connectivity index (χ0v) is 13.6. The van der Waals surface area contributed by atoms with Crippen molar-refractivity contribution < 1.29 is 9.18 Å². The standard InChI is InChI=1S/C15H13BrFN5O/c16-12-5-18-22(8-12)10-15(23)20-14-6-19-21(9-14)7-11-1-3-13(17)4-2-11/h1-6,8-9H,7,10H2,(H,20,23). The van der Waals surface area contributed by atoms with E-state index in [2.05, 4.69) is 31.4 Å². The molecule has 0 atom stereocenters. The molecule has 118 valence electrons. The Kier molecular flexibility index (Phi) is 4.52. The van der Waals surface area contributed by atoms with Crippen molar-refractivity contribution in [3.8, 4) is 0 Å². The summed E-state index contributed by atoms with van der Waals surface area (Å²) in [6, 6.07) is 6.21. The van der Waals surface area contributed by atoms with Crippen molar-refractivity contribution in [2.45, 2.75) is 13.1 Å². The van der Waals surface area contributed by atoms with Crippen LogP contribution < -0.4 is 5.32 Å². The molecule has 0 aliphatic rings. The van der Waals surface area contributed by atoms with Crippen LogP contribution in [0.2, 0.25) is 0 Å². The Hall–Kier alpha value is -2.48. The van der Waals surface area contributed by atoms with Gasteiger partial charge in [0, 0.05) is 12.4 Å². The molecule has 3 aromatic rings. The van der Waals surface area contributed by atoms with Gasteiger partial charge in [0.15, 0.2) is 0 Å². The fourth-order valence-corrected chi connectivity index (χ4v) is 2.39. The molecule has 0 saturated carbocycles. The van der Waals surface area contributed by atoms with Crippen LogP contribution in [-0.4, -0.2) is 25.5 Å². The minimum Gasteiger partial charge on any atom is -0.322 e. The molecular weight excluding hydrogens is 365 g/mol. The lowest BCUT2D eigenvalue weighted by Gasteiger charge is -2.03. The second-order valence-corrected chi connectivity index (χ2v) is 5.87. The lowest BCUT2D eigenvalue weighted by atomic mass is 10.2. The van der Waals surface area contributed by atoms with Crippen molar-refractivity contribution in [3.63, 3.8) is 0 Å². The van der Waals surface area contributed by atoms with E-state index < -0.39 is 0 Å². The van der Waals surface area contributed by atoms with Crippen molar-refractivity contribution in [2.75, 3.05) is 5.32 Å². The van der Waals surface area contributed by atoms with Gasteiger partial charge in [0.25, 0.3) is 0 Å². The highest BCUT2D eigenvalue weighted by atomic mass is 79.9. The number of nitrogens with one attached hydrogen (secondary N) is 1. The molecule has 2 aromatic heterocycles. The molecule has 0 aliphatic carbocycles. The molecule has 3 rings (SSSR count). The summed E-state index contributed by atoms with van der Waals surface area (Å²) in [6.45, 7) is 0.622. The number of hydrogen-bond donors (Lipinski definition) is 1. The number of carbonyl (C=O) groups excluding carboxylic acids is 1. The average Bonchev–Trinajstić information content (AvgIpc) is 3.11. The minimum atomic E-state index is -0.271. The minimum absolute atomic E-state index is 0.120.